The van der Waals surface area contributed by atoms with Gasteiger partial charge in [0.1, 0.15) is 0 Å². The number of halogens is 1. The van der Waals surface area contributed by atoms with E-state index in [1.165, 1.54) is 6.07 Å². The predicted octanol–water partition coefficient (Wildman–Crippen LogP) is 3.37. The van der Waals surface area contributed by atoms with Crippen molar-refractivity contribution >= 4 is 5.91 Å². The Morgan fingerprint density at radius 1 is 1.53 bits per heavy atom. The highest BCUT2D eigenvalue weighted by Gasteiger charge is 2.11. The molecule has 0 saturated carbocycles. The second kappa shape index (κ2) is 7.56. The third kappa shape index (κ3) is 4.73. The Bertz CT molecular complexity index is 457. The minimum absolute atomic E-state index is 0.0834. The van der Waals surface area contributed by atoms with E-state index in [2.05, 4.69) is 5.32 Å². The Morgan fingerprint density at radius 3 is 2.84 bits per heavy atom. The highest BCUT2D eigenvalue weighted by molar-refractivity contribution is 5.77. The fourth-order valence-corrected chi connectivity index (χ4v) is 1.67. The lowest BCUT2D eigenvalue weighted by molar-refractivity contribution is -0.120. The van der Waals surface area contributed by atoms with E-state index in [1.807, 2.05) is 19.9 Å². The molecule has 0 saturated heterocycles. The van der Waals surface area contributed by atoms with Crippen molar-refractivity contribution in [2.45, 2.75) is 33.2 Å². The molecule has 0 radical (unpaired) electrons. The summed E-state index contributed by atoms with van der Waals surface area (Å²) in [6, 6.07) is 4.51. The highest BCUT2D eigenvalue weighted by Crippen LogP contribution is 2.22. The van der Waals surface area contributed by atoms with Crippen LogP contribution < -0.4 is 10.1 Å². The fourth-order valence-electron chi connectivity index (χ4n) is 1.67. The van der Waals surface area contributed by atoms with Gasteiger partial charge in [0.15, 0.2) is 11.6 Å². The molecule has 0 aromatic heterocycles. The molecular formula is C15H20FNO2. The zero-order chi connectivity index (χ0) is 14.3. The monoisotopic (exact) mass is 265 g/mol. The highest BCUT2D eigenvalue weighted by atomic mass is 19.1. The number of nitrogens with one attached hydrogen (secondary N) is 1. The molecule has 1 N–H and O–H groups in total. The first-order valence-corrected chi connectivity index (χ1v) is 6.41. The van der Waals surface area contributed by atoms with E-state index >= 15 is 0 Å². The van der Waals surface area contributed by atoms with Gasteiger partial charge in [-0.05, 0) is 38.5 Å². The van der Waals surface area contributed by atoms with Crippen LogP contribution in [0.15, 0.2) is 30.4 Å². The summed E-state index contributed by atoms with van der Waals surface area (Å²) in [5.74, 6) is -0.257. The van der Waals surface area contributed by atoms with E-state index in [0.717, 1.165) is 5.56 Å². The summed E-state index contributed by atoms with van der Waals surface area (Å²) in [4.78, 5) is 11.6. The average molecular weight is 265 g/mol. The van der Waals surface area contributed by atoms with Crippen molar-refractivity contribution in [1.29, 1.82) is 0 Å². The second-order valence-electron chi connectivity index (χ2n) is 4.19. The summed E-state index contributed by atoms with van der Waals surface area (Å²) >= 11 is 0. The number of rotatable bonds is 6. The molecule has 0 aliphatic rings. The SMILES string of the molecule is C/C=C/CC(=O)N[C@H](C)c1ccc(OCC)c(F)c1. The molecule has 0 fully saturated rings. The minimum atomic E-state index is -0.408. The molecule has 1 rings (SSSR count). The lowest BCUT2D eigenvalue weighted by Crippen LogP contribution is -2.25. The summed E-state index contributed by atoms with van der Waals surface area (Å²) in [5.41, 5.74) is 0.717. The molecule has 0 bridgehead atoms. The molecule has 19 heavy (non-hydrogen) atoms. The Morgan fingerprint density at radius 2 is 2.26 bits per heavy atom. The molecule has 0 aliphatic carbocycles. The molecule has 3 nitrogen and oxygen atoms in total. The molecule has 1 aromatic rings. The van der Waals surface area contributed by atoms with Crippen LogP contribution in [0, 0.1) is 5.82 Å². The van der Waals surface area contributed by atoms with Crippen LogP contribution in [-0.4, -0.2) is 12.5 Å². The fraction of sp³-hybridized carbons (Fsp3) is 0.400. The number of hydrogen-bond acceptors (Lipinski definition) is 2. The standard InChI is InChI=1S/C15H20FNO2/c1-4-6-7-15(18)17-11(3)12-8-9-14(19-5-2)13(16)10-12/h4,6,8-11H,5,7H2,1-3H3,(H,17,18)/b6-4+/t11-/m1/s1. The van der Waals surface area contributed by atoms with Gasteiger partial charge in [0.2, 0.25) is 5.91 Å². The van der Waals surface area contributed by atoms with Gasteiger partial charge in [0.25, 0.3) is 0 Å². The van der Waals surface area contributed by atoms with Crippen molar-refractivity contribution in [2.24, 2.45) is 0 Å². The first-order chi connectivity index (χ1) is 9.08. The molecule has 0 aliphatic heterocycles. The van der Waals surface area contributed by atoms with Gasteiger partial charge in [-0.1, -0.05) is 18.2 Å². The van der Waals surface area contributed by atoms with Gasteiger partial charge in [-0.2, -0.15) is 0 Å². The smallest absolute Gasteiger partial charge is 0.224 e. The third-order valence-corrected chi connectivity index (χ3v) is 2.67. The molecule has 1 aromatic carbocycles. The maximum atomic E-state index is 13.7. The van der Waals surface area contributed by atoms with Gasteiger partial charge < -0.3 is 10.1 Å². The van der Waals surface area contributed by atoms with E-state index in [9.17, 15) is 9.18 Å². The Balaban J connectivity index is 2.69. The van der Waals surface area contributed by atoms with Crippen LogP contribution in [0.25, 0.3) is 0 Å². The summed E-state index contributed by atoms with van der Waals surface area (Å²) in [7, 11) is 0. The molecule has 1 amide bonds. The van der Waals surface area contributed by atoms with E-state index in [4.69, 9.17) is 4.74 Å². The molecule has 1 atom stereocenters. The number of hydrogen-bond donors (Lipinski definition) is 1. The van der Waals surface area contributed by atoms with Crippen LogP contribution in [-0.2, 0) is 4.79 Å². The average Bonchev–Trinajstić information content (AvgIpc) is 2.38. The van der Waals surface area contributed by atoms with E-state index < -0.39 is 5.82 Å². The van der Waals surface area contributed by atoms with E-state index in [-0.39, 0.29) is 17.7 Å². The Hall–Kier alpha value is -1.84. The minimum Gasteiger partial charge on any atom is -0.491 e. The molecular weight excluding hydrogens is 245 g/mol. The van der Waals surface area contributed by atoms with Crippen molar-refractivity contribution < 1.29 is 13.9 Å². The van der Waals surface area contributed by atoms with E-state index in [1.54, 1.807) is 25.1 Å². The van der Waals surface area contributed by atoms with Crippen LogP contribution >= 0.6 is 0 Å². The maximum absolute atomic E-state index is 13.7. The second-order valence-corrected chi connectivity index (χ2v) is 4.19. The normalized spacial score (nSPS) is 12.4. The van der Waals surface area contributed by atoms with Crippen molar-refractivity contribution in [2.75, 3.05) is 6.61 Å². The van der Waals surface area contributed by atoms with Gasteiger partial charge in [0.05, 0.1) is 12.6 Å². The summed E-state index contributed by atoms with van der Waals surface area (Å²) < 4.78 is 18.8. The van der Waals surface area contributed by atoms with Gasteiger partial charge in [0, 0.05) is 6.42 Å². The van der Waals surface area contributed by atoms with Gasteiger partial charge in [-0.3, -0.25) is 4.79 Å². The van der Waals surface area contributed by atoms with Crippen LogP contribution in [0.3, 0.4) is 0 Å². The quantitative estimate of drug-likeness (QED) is 0.801. The lowest BCUT2D eigenvalue weighted by atomic mass is 10.1. The van der Waals surface area contributed by atoms with Gasteiger partial charge in [-0.25, -0.2) is 4.39 Å². The zero-order valence-electron chi connectivity index (χ0n) is 11.6. The Labute approximate surface area is 113 Å². The maximum Gasteiger partial charge on any atom is 0.224 e. The molecule has 0 spiro atoms. The summed E-state index contributed by atoms with van der Waals surface area (Å²) in [6.07, 6.45) is 3.93. The number of ether oxygens (including phenoxy) is 1. The molecule has 104 valence electrons. The third-order valence-electron chi connectivity index (χ3n) is 2.67. The topological polar surface area (TPSA) is 38.3 Å². The van der Waals surface area contributed by atoms with Gasteiger partial charge in [-0.15, -0.1) is 0 Å². The number of allylic oxidation sites excluding steroid dienone is 1. The van der Waals surface area contributed by atoms with Crippen LogP contribution in [0.4, 0.5) is 4.39 Å². The predicted molar refractivity (Wildman–Crippen MR) is 73.6 cm³/mol. The molecule has 4 heteroatoms. The van der Waals surface area contributed by atoms with Crippen LogP contribution in [0.2, 0.25) is 0 Å². The first-order valence-electron chi connectivity index (χ1n) is 6.41. The largest absolute Gasteiger partial charge is 0.491 e. The van der Waals surface area contributed by atoms with Crippen molar-refractivity contribution in [3.05, 3.63) is 41.7 Å². The van der Waals surface area contributed by atoms with Crippen LogP contribution in [0.1, 0.15) is 38.8 Å². The van der Waals surface area contributed by atoms with Crippen molar-refractivity contribution in [3.63, 3.8) is 0 Å². The number of benzene rings is 1. The molecule has 0 heterocycles. The lowest BCUT2D eigenvalue weighted by Gasteiger charge is -2.15. The number of amides is 1. The molecule has 0 unspecified atom stereocenters. The summed E-state index contributed by atoms with van der Waals surface area (Å²) in [5, 5.41) is 2.81. The number of carbonyl (C=O) groups excluding carboxylic acids is 1. The van der Waals surface area contributed by atoms with Gasteiger partial charge >= 0.3 is 0 Å². The Kier molecular flexibility index (Phi) is 6.06. The van der Waals surface area contributed by atoms with Crippen LogP contribution in [0.5, 0.6) is 5.75 Å². The number of carbonyl (C=O) groups is 1. The van der Waals surface area contributed by atoms with Crippen molar-refractivity contribution in [1.82, 2.24) is 5.32 Å². The first kappa shape index (κ1) is 15.2. The van der Waals surface area contributed by atoms with Crippen molar-refractivity contribution in [3.8, 4) is 5.75 Å². The summed E-state index contributed by atoms with van der Waals surface area (Å²) in [6.45, 7) is 5.91. The zero-order valence-corrected chi connectivity index (χ0v) is 11.6. The van der Waals surface area contributed by atoms with E-state index in [0.29, 0.717) is 13.0 Å².